The van der Waals surface area contributed by atoms with E-state index in [0.29, 0.717) is 0 Å². The zero-order valence-corrected chi connectivity index (χ0v) is 13.3. The van der Waals surface area contributed by atoms with Gasteiger partial charge in [-0.15, -0.1) is 0 Å². The lowest BCUT2D eigenvalue weighted by Gasteiger charge is -2.22. The first kappa shape index (κ1) is 16.5. The smallest absolute Gasteiger partial charge is 0.245 e. The molecule has 1 aliphatic carbocycles. The molecule has 4 nitrogen and oxygen atoms in total. The number of nitrogens with one attached hydrogen (secondary N) is 2. The molecule has 2 amide bonds. The van der Waals surface area contributed by atoms with Crippen molar-refractivity contribution in [1.82, 2.24) is 10.9 Å². The summed E-state index contributed by atoms with van der Waals surface area (Å²) >= 11 is 0. The number of rotatable bonds is 5. The summed E-state index contributed by atoms with van der Waals surface area (Å²) in [5.41, 5.74) is 6.24. The summed E-state index contributed by atoms with van der Waals surface area (Å²) in [5.74, 6) is -0.332. The van der Waals surface area contributed by atoms with E-state index in [9.17, 15) is 9.59 Å². The van der Waals surface area contributed by atoms with Crippen LogP contribution in [0.15, 0.2) is 30.3 Å². The van der Waals surface area contributed by atoms with Crippen LogP contribution in [0, 0.1) is 5.92 Å². The maximum atomic E-state index is 12.4. The Morgan fingerprint density at radius 2 is 1.77 bits per heavy atom. The maximum Gasteiger partial charge on any atom is 0.245 e. The van der Waals surface area contributed by atoms with Crippen molar-refractivity contribution in [3.8, 4) is 0 Å². The molecule has 0 spiro atoms. The van der Waals surface area contributed by atoms with E-state index in [0.717, 1.165) is 44.1 Å². The lowest BCUT2D eigenvalue weighted by molar-refractivity contribution is -0.132. The molecule has 0 radical (unpaired) electrons. The van der Waals surface area contributed by atoms with Crippen LogP contribution < -0.4 is 10.9 Å². The van der Waals surface area contributed by atoms with Crippen LogP contribution in [0.4, 0.5) is 0 Å². The van der Waals surface area contributed by atoms with Gasteiger partial charge in [-0.1, -0.05) is 62.9 Å². The number of hydrogen-bond acceptors (Lipinski definition) is 2. The van der Waals surface area contributed by atoms with Crippen LogP contribution in [0.5, 0.6) is 0 Å². The molecule has 1 atom stereocenters. The lowest BCUT2D eigenvalue weighted by Crippen LogP contribution is -2.46. The highest BCUT2D eigenvalue weighted by molar-refractivity contribution is 5.87. The molecule has 1 aromatic carbocycles. The molecule has 0 unspecified atom stereocenters. The largest absolute Gasteiger partial charge is 0.273 e. The van der Waals surface area contributed by atoms with E-state index in [1.54, 1.807) is 0 Å². The van der Waals surface area contributed by atoms with Crippen LogP contribution >= 0.6 is 0 Å². The molecule has 0 aliphatic heterocycles. The minimum atomic E-state index is -0.210. The first-order valence-electron chi connectivity index (χ1n) is 8.37. The zero-order chi connectivity index (χ0) is 15.8. The fraction of sp³-hybridized carbons (Fsp3) is 0.556. The highest BCUT2D eigenvalue weighted by Gasteiger charge is 2.23. The number of hydrazine groups is 1. The monoisotopic (exact) mass is 302 g/mol. The van der Waals surface area contributed by atoms with Gasteiger partial charge in [-0.2, -0.15) is 0 Å². The van der Waals surface area contributed by atoms with Crippen molar-refractivity contribution in [3.05, 3.63) is 35.9 Å². The molecule has 2 rings (SSSR count). The first-order valence-corrected chi connectivity index (χ1v) is 8.37. The van der Waals surface area contributed by atoms with E-state index in [-0.39, 0.29) is 23.7 Å². The van der Waals surface area contributed by atoms with Gasteiger partial charge in [0, 0.05) is 5.92 Å². The second-order valence-corrected chi connectivity index (χ2v) is 6.07. The van der Waals surface area contributed by atoms with Crippen LogP contribution in [-0.2, 0) is 9.59 Å². The molecule has 2 N–H and O–H groups in total. The molecule has 1 aliphatic rings. The molecule has 1 fully saturated rings. The van der Waals surface area contributed by atoms with Gasteiger partial charge >= 0.3 is 0 Å². The average molecular weight is 302 g/mol. The van der Waals surface area contributed by atoms with Crippen molar-refractivity contribution in [2.24, 2.45) is 5.92 Å². The fourth-order valence-electron chi connectivity index (χ4n) is 3.10. The van der Waals surface area contributed by atoms with Crippen LogP contribution in [0.2, 0.25) is 0 Å². The van der Waals surface area contributed by atoms with Crippen LogP contribution in [-0.4, -0.2) is 11.8 Å². The third kappa shape index (κ3) is 4.58. The van der Waals surface area contributed by atoms with E-state index < -0.39 is 0 Å². The Labute approximate surface area is 132 Å². The molecule has 22 heavy (non-hydrogen) atoms. The summed E-state index contributed by atoms with van der Waals surface area (Å²) in [5, 5.41) is 0. The topological polar surface area (TPSA) is 58.2 Å². The van der Waals surface area contributed by atoms with Gasteiger partial charge in [-0.3, -0.25) is 20.4 Å². The van der Waals surface area contributed by atoms with Gasteiger partial charge in [0.25, 0.3) is 0 Å². The summed E-state index contributed by atoms with van der Waals surface area (Å²) in [6.07, 6.45) is 6.97. The molecular formula is C18H26N2O2. The molecule has 1 saturated carbocycles. The normalized spacial score (nSPS) is 16.8. The molecule has 0 bridgehead atoms. The maximum absolute atomic E-state index is 12.4. The van der Waals surface area contributed by atoms with Crippen molar-refractivity contribution in [2.45, 2.75) is 57.8 Å². The molecule has 4 heteroatoms. The summed E-state index contributed by atoms with van der Waals surface area (Å²) in [6, 6.07) is 9.73. The number of carbonyl (C=O) groups is 2. The van der Waals surface area contributed by atoms with Gasteiger partial charge in [0.2, 0.25) is 11.8 Å². The third-order valence-electron chi connectivity index (χ3n) is 4.38. The number of carbonyl (C=O) groups excluding carboxylic acids is 2. The van der Waals surface area contributed by atoms with Crippen LogP contribution in [0.1, 0.15) is 63.4 Å². The quantitative estimate of drug-likeness (QED) is 0.820. The summed E-state index contributed by atoms with van der Waals surface area (Å²) < 4.78 is 0. The van der Waals surface area contributed by atoms with Gasteiger partial charge in [-0.05, 0) is 24.8 Å². The molecule has 0 heterocycles. The second kappa shape index (κ2) is 8.57. The minimum Gasteiger partial charge on any atom is -0.273 e. The summed E-state index contributed by atoms with van der Waals surface area (Å²) in [6.45, 7) is 2.06. The van der Waals surface area contributed by atoms with E-state index in [1.165, 1.54) is 6.42 Å². The lowest BCUT2D eigenvalue weighted by atomic mass is 9.89. The Kier molecular flexibility index (Phi) is 6.44. The van der Waals surface area contributed by atoms with Crippen molar-refractivity contribution in [3.63, 3.8) is 0 Å². The standard InChI is InChI=1S/C18H26N2O2/c1-2-9-16(14-10-5-3-6-11-14)18(22)20-19-17(21)15-12-7-4-8-13-15/h3,5-6,10-11,15-16H,2,4,7-9,12-13H2,1H3,(H,19,21)(H,20,22)/t16-/m1/s1. The predicted octanol–water partition coefficient (Wildman–Crippen LogP) is 3.30. The third-order valence-corrected chi connectivity index (χ3v) is 4.38. The first-order chi connectivity index (χ1) is 10.7. The van der Waals surface area contributed by atoms with Gasteiger partial charge < -0.3 is 0 Å². The summed E-state index contributed by atoms with van der Waals surface area (Å²) in [4.78, 5) is 24.5. The SMILES string of the molecule is CCC[C@@H](C(=O)NNC(=O)C1CCCCC1)c1ccccc1. The van der Waals surface area contributed by atoms with Gasteiger partial charge in [-0.25, -0.2) is 0 Å². The van der Waals surface area contributed by atoms with E-state index in [1.807, 2.05) is 30.3 Å². The number of amides is 2. The Bertz CT molecular complexity index is 481. The molecule has 0 aromatic heterocycles. The van der Waals surface area contributed by atoms with Crippen molar-refractivity contribution < 1.29 is 9.59 Å². The Balaban J connectivity index is 1.89. The number of benzene rings is 1. The van der Waals surface area contributed by atoms with E-state index >= 15 is 0 Å². The number of hydrogen-bond donors (Lipinski definition) is 2. The zero-order valence-electron chi connectivity index (χ0n) is 13.3. The Hall–Kier alpha value is -1.84. The highest BCUT2D eigenvalue weighted by Crippen LogP contribution is 2.24. The van der Waals surface area contributed by atoms with Gasteiger partial charge in [0.05, 0.1) is 5.92 Å². The Morgan fingerprint density at radius 3 is 2.41 bits per heavy atom. The fourth-order valence-corrected chi connectivity index (χ4v) is 3.10. The van der Waals surface area contributed by atoms with Gasteiger partial charge in [0.1, 0.15) is 0 Å². The van der Waals surface area contributed by atoms with Crippen molar-refractivity contribution in [1.29, 1.82) is 0 Å². The molecular weight excluding hydrogens is 276 g/mol. The average Bonchev–Trinajstić information content (AvgIpc) is 2.58. The van der Waals surface area contributed by atoms with E-state index in [2.05, 4.69) is 17.8 Å². The Morgan fingerprint density at radius 1 is 1.09 bits per heavy atom. The van der Waals surface area contributed by atoms with Gasteiger partial charge in [0.15, 0.2) is 0 Å². The minimum absolute atomic E-state index is 0.0450. The summed E-state index contributed by atoms with van der Waals surface area (Å²) in [7, 11) is 0. The van der Waals surface area contributed by atoms with Crippen molar-refractivity contribution >= 4 is 11.8 Å². The van der Waals surface area contributed by atoms with Crippen LogP contribution in [0.25, 0.3) is 0 Å². The molecule has 0 saturated heterocycles. The molecule has 1 aromatic rings. The van der Waals surface area contributed by atoms with Crippen molar-refractivity contribution in [2.75, 3.05) is 0 Å². The second-order valence-electron chi connectivity index (χ2n) is 6.07. The molecule has 120 valence electrons. The predicted molar refractivity (Wildman–Crippen MR) is 87.0 cm³/mol. The van der Waals surface area contributed by atoms with E-state index in [4.69, 9.17) is 0 Å². The highest BCUT2D eigenvalue weighted by atomic mass is 16.2. The van der Waals surface area contributed by atoms with Crippen LogP contribution in [0.3, 0.4) is 0 Å².